The van der Waals surface area contributed by atoms with Gasteiger partial charge in [-0.1, -0.05) is 0 Å². The smallest absolute Gasteiger partial charge is 0.374 e. The van der Waals surface area contributed by atoms with Crippen molar-refractivity contribution in [2.24, 2.45) is 23.7 Å². The van der Waals surface area contributed by atoms with Crippen molar-refractivity contribution < 1.29 is 9.90 Å². The molecule has 18 heavy (non-hydrogen) atoms. The van der Waals surface area contributed by atoms with Gasteiger partial charge in [-0.25, -0.2) is 9.78 Å². The predicted molar refractivity (Wildman–Crippen MR) is 66.7 cm³/mol. The maximum Gasteiger partial charge on any atom is 0.374 e. The molecule has 0 unspecified atom stereocenters. The van der Waals surface area contributed by atoms with E-state index in [-0.39, 0.29) is 5.82 Å². The van der Waals surface area contributed by atoms with Crippen LogP contribution < -0.4 is 0 Å². The first-order valence-corrected chi connectivity index (χ1v) is 7.55. The van der Waals surface area contributed by atoms with Crippen molar-refractivity contribution in [3.8, 4) is 0 Å². The number of carbonyl (C=O) groups is 1. The Morgan fingerprint density at radius 2 is 1.72 bits per heavy atom. The molecule has 0 amide bonds. The highest BCUT2D eigenvalue weighted by Gasteiger charge is 2.49. The van der Waals surface area contributed by atoms with Crippen LogP contribution in [0.5, 0.6) is 0 Å². The van der Waals surface area contributed by atoms with Gasteiger partial charge in [0.2, 0.25) is 0 Å². The summed E-state index contributed by atoms with van der Waals surface area (Å²) in [6.45, 7) is 0. The second-order valence-electron chi connectivity index (χ2n) is 6.22. The van der Waals surface area contributed by atoms with Crippen LogP contribution in [0.1, 0.15) is 53.6 Å². The zero-order valence-electron chi connectivity index (χ0n) is 10.1. The Kier molecular flexibility index (Phi) is 2.28. The van der Waals surface area contributed by atoms with Gasteiger partial charge in [-0.2, -0.15) is 4.37 Å². The van der Waals surface area contributed by atoms with Gasteiger partial charge in [0, 0.05) is 5.92 Å². The van der Waals surface area contributed by atoms with Crippen molar-refractivity contribution in [2.45, 2.75) is 38.0 Å². The summed E-state index contributed by atoms with van der Waals surface area (Å²) in [5.41, 5.74) is 0. The maximum atomic E-state index is 10.9. The molecule has 0 radical (unpaired) electrons. The van der Waals surface area contributed by atoms with Crippen LogP contribution >= 0.6 is 11.5 Å². The first-order chi connectivity index (χ1) is 8.70. The zero-order chi connectivity index (χ0) is 12.3. The molecule has 0 atom stereocenters. The summed E-state index contributed by atoms with van der Waals surface area (Å²) in [6, 6.07) is 0. The van der Waals surface area contributed by atoms with E-state index < -0.39 is 5.97 Å². The van der Waals surface area contributed by atoms with Gasteiger partial charge in [-0.15, -0.1) is 0 Å². The highest BCUT2D eigenvalue weighted by atomic mass is 32.1. The Morgan fingerprint density at radius 3 is 2.22 bits per heavy atom. The lowest BCUT2D eigenvalue weighted by molar-refractivity contribution is -0.00291. The van der Waals surface area contributed by atoms with E-state index >= 15 is 0 Å². The molecular weight excluding hydrogens is 248 g/mol. The molecule has 4 nitrogen and oxygen atoms in total. The molecule has 4 aliphatic rings. The average molecular weight is 264 g/mol. The monoisotopic (exact) mass is 264 g/mol. The molecule has 0 spiro atoms. The number of nitrogens with zero attached hydrogens (tertiary/aromatic N) is 2. The quantitative estimate of drug-likeness (QED) is 0.892. The number of rotatable bonds is 2. The highest BCUT2D eigenvalue weighted by Crippen LogP contribution is 2.59. The Labute approximate surface area is 110 Å². The van der Waals surface area contributed by atoms with Crippen LogP contribution in [0.15, 0.2) is 0 Å². The zero-order valence-corrected chi connectivity index (χ0v) is 10.9. The lowest BCUT2D eigenvalue weighted by atomic mass is 9.52. The molecule has 1 aromatic heterocycles. The summed E-state index contributed by atoms with van der Waals surface area (Å²) in [4.78, 5) is 15.1. The summed E-state index contributed by atoms with van der Waals surface area (Å²) in [5.74, 6) is 2.87. The topological polar surface area (TPSA) is 63.1 Å². The lowest BCUT2D eigenvalue weighted by Gasteiger charge is -2.53. The number of carboxylic acids is 1. The Balaban J connectivity index is 1.66. The van der Waals surface area contributed by atoms with Gasteiger partial charge in [0.25, 0.3) is 5.82 Å². The van der Waals surface area contributed by atoms with Crippen molar-refractivity contribution >= 4 is 17.5 Å². The minimum Gasteiger partial charge on any atom is -0.475 e. The minimum absolute atomic E-state index is 0.0104. The number of aromatic carboxylic acids is 1. The van der Waals surface area contributed by atoms with Crippen molar-refractivity contribution in [1.82, 2.24) is 9.36 Å². The van der Waals surface area contributed by atoms with E-state index in [9.17, 15) is 4.79 Å². The molecular formula is C13H16N2O2S. The van der Waals surface area contributed by atoms with E-state index in [0.29, 0.717) is 5.92 Å². The van der Waals surface area contributed by atoms with Crippen LogP contribution in [0.3, 0.4) is 0 Å². The Morgan fingerprint density at radius 1 is 1.11 bits per heavy atom. The summed E-state index contributed by atoms with van der Waals surface area (Å²) in [6.07, 6.45) is 6.77. The largest absolute Gasteiger partial charge is 0.475 e. The van der Waals surface area contributed by atoms with Crippen molar-refractivity contribution in [2.75, 3.05) is 0 Å². The number of hydrogen-bond acceptors (Lipinski definition) is 4. The van der Waals surface area contributed by atoms with E-state index in [2.05, 4.69) is 9.36 Å². The summed E-state index contributed by atoms with van der Waals surface area (Å²) >= 11 is 1.32. The fourth-order valence-electron chi connectivity index (χ4n) is 4.79. The molecule has 5 heteroatoms. The van der Waals surface area contributed by atoms with Gasteiger partial charge in [-0.05, 0) is 67.3 Å². The highest BCUT2D eigenvalue weighted by molar-refractivity contribution is 7.05. The minimum atomic E-state index is -0.999. The molecule has 4 bridgehead atoms. The molecule has 0 saturated heterocycles. The van der Waals surface area contributed by atoms with Crippen LogP contribution in [0.4, 0.5) is 0 Å². The van der Waals surface area contributed by atoms with Crippen LogP contribution in [0.2, 0.25) is 0 Å². The van der Waals surface area contributed by atoms with Crippen molar-refractivity contribution in [3.05, 3.63) is 10.8 Å². The number of carboxylic acid groups (broad SMARTS) is 1. The van der Waals surface area contributed by atoms with Gasteiger partial charge in [0.05, 0.1) is 0 Å². The predicted octanol–water partition coefficient (Wildman–Crippen LogP) is 2.78. The van der Waals surface area contributed by atoms with E-state index in [1.807, 2.05) is 0 Å². The molecule has 96 valence electrons. The molecule has 5 rings (SSSR count). The van der Waals surface area contributed by atoms with Gasteiger partial charge in [0.15, 0.2) is 0 Å². The second-order valence-corrected chi connectivity index (χ2v) is 7.00. The molecule has 0 aliphatic heterocycles. The summed E-state index contributed by atoms with van der Waals surface area (Å²) in [5, 5.41) is 9.92. The van der Waals surface area contributed by atoms with Gasteiger partial charge < -0.3 is 5.11 Å². The molecule has 1 N–H and O–H groups in total. The van der Waals surface area contributed by atoms with Crippen molar-refractivity contribution in [3.63, 3.8) is 0 Å². The first kappa shape index (κ1) is 10.9. The normalized spacial score (nSPS) is 41.2. The van der Waals surface area contributed by atoms with E-state index in [1.54, 1.807) is 0 Å². The molecule has 1 heterocycles. The third-order valence-electron chi connectivity index (χ3n) is 5.14. The maximum absolute atomic E-state index is 10.9. The third kappa shape index (κ3) is 1.53. The number of hydrogen-bond donors (Lipinski definition) is 1. The first-order valence-electron chi connectivity index (χ1n) is 6.77. The van der Waals surface area contributed by atoms with Gasteiger partial charge >= 0.3 is 5.97 Å². The average Bonchev–Trinajstić information content (AvgIpc) is 2.77. The van der Waals surface area contributed by atoms with Crippen LogP contribution in [0.25, 0.3) is 0 Å². The molecule has 1 aromatic rings. The molecule has 4 aliphatic carbocycles. The number of aromatic nitrogens is 2. The molecule has 4 fully saturated rings. The summed E-state index contributed by atoms with van der Waals surface area (Å²) in [7, 11) is 0. The van der Waals surface area contributed by atoms with E-state index in [1.165, 1.54) is 43.6 Å². The Bertz CT molecular complexity index is 471. The van der Waals surface area contributed by atoms with Crippen LogP contribution in [-0.2, 0) is 0 Å². The van der Waals surface area contributed by atoms with Gasteiger partial charge in [0.1, 0.15) is 5.01 Å². The van der Waals surface area contributed by atoms with Gasteiger partial charge in [-0.3, -0.25) is 0 Å². The van der Waals surface area contributed by atoms with E-state index in [4.69, 9.17) is 5.11 Å². The molecule has 4 saturated carbocycles. The summed E-state index contributed by atoms with van der Waals surface area (Å²) < 4.78 is 3.98. The lowest BCUT2D eigenvalue weighted by Crippen LogP contribution is -2.43. The molecule has 0 aromatic carbocycles. The van der Waals surface area contributed by atoms with E-state index in [0.717, 1.165) is 28.7 Å². The Hall–Kier alpha value is -0.970. The second kappa shape index (κ2) is 3.76. The fraction of sp³-hybridized carbons (Fsp3) is 0.769. The van der Waals surface area contributed by atoms with Crippen LogP contribution in [-0.4, -0.2) is 20.4 Å². The SMILES string of the molecule is O=C(O)c1nsc(C2C3CC4CC(C3)CC2C4)n1. The van der Waals surface area contributed by atoms with Crippen molar-refractivity contribution in [1.29, 1.82) is 0 Å². The van der Waals surface area contributed by atoms with Crippen LogP contribution in [0, 0.1) is 23.7 Å². The fourth-order valence-corrected chi connectivity index (χ4v) is 5.72. The third-order valence-corrected chi connectivity index (χ3v) is 5.96. The standard InChI is InChI=1S/C13H16N2O2S/c16-13(17)11-14-12(18-15-11)10-8-2-6-1-7(4-8)5-9(10)3-6/h6-10H,1-5H2,(H,16,17).